The zero-order valence-electron chi connectivity index (χ0n) is 6.79. The van der Waals surface area contributed by atoms with Gasteiger partial charge in [-0.2, -0.15) is 0 Å². The molecule has 0 aromatic carbocycles. The van der Waals surface area contributed by atoms with Crippen LogP contribution in [0.1, 0.15) is 19.3 Å². The Morgan fingerprint density at radius 1 is 1.27 bits per heavy atom. The van der Waals surface area contributed by atoms with Crippen molar-refractivity contribution in [1.82, 2.24) is 0 Å². The summed E-state index contributed by atoms with van der Waals surface area (Å²) in [4.78, 5) is 0. The maximum absolute atomic E-state index is 8.61. The molecule has 0 spiro atoms. The van der Waals surface area contributed by atoms with Gasteiger partial charge in [0.15, 0.2) is 0 Å². The van der Waals surface area contributed by atoms with Gasteiger partial charge in [0.25, 0.3) is 0 Å². The molecule has 0 amide bonds. The molecule has 0 atom stereocenters. The Bertz CT molecular complexity index is 113. The van der Waals surface area contributed by atoms with Gasteiger partial charge in [-0.15, -0.1) is 0 Å². The molecule has 0 aliphatic rings. The van der Waals surface area contributed by atoms with E-state index in [1.54, 1.807) is 6.08 Å². The van der Waals surface area contributed by atoms with Crippen LogP contribution in [0.4, 0.5) is 0 Å². The quantitative estimate of drug-likeness (QED) is 0.479. The van der Waals surface area contributed by atoms with E-state index in [2.05, 4.69) is 0 Å². The summed E-state index contributed by atoms with van der Waals surface area (Å²) >= 11 is 0. The van der Waals surface area contributed by atoms with Crippen molar-refractivity contribution in [3.8, 4) is 0 Å². The molecular weight excluding hydrogens is 142 g/mol. The van der Waals surface area contributed by atoms with Crippen LogP contribution in [0, 0.1) is 0 Å². The highest BCUT2D eigenvalue weighted by Gasteiger charge is 1.94. The average Bonchev–Trinajstić information content (AvgIpc) is 2.01. The number of aliphatic hydroxyl groups excluding tert-OH is 2. The third kappa shape index (κ3) is 6.04. The number of rotatable bonds is 6. The van der Waals surface area contributed by atoms with Crippen molar-refractivity contribution in [2.45, 2.75) is 19.3 Å². The summed E-state index contributed by atoms with van der Waals surface area (Å²) < 4.78 is 0. The van der Waals surface area contributed by atoms with Gasteiger partial charge in [0.1, 0.15) is 0 Å². The molecule has 3 nitrogen and oxygen atoms in total. The molecule has 0 unspecified atom stereocenters. The molecule has 66 valence electrons. The van der Waals surface area contributed by atoms with E-state index in [4.69, 9.17) is 15.9 Å². The molecular formula is C8H17NO2. The van der Waals surface area contributed by atoms with Crippen LogP contribution < -0.4 is 5.73 Å². The Hall–Kier alpha value is -0.380. The van der Waals surface area contributed by atoms with Crippen molar-refractivity contribution in [3.63, 3.8) is 0 Å². The molecule has 0 fully saturated rings. The van der Waals surface area contributed by atoms with Gasteiger partial charge >= 0.3 is 0 Å². The van der Waals surface area contributed by atoms with E-state index in [1.165, 1.54) is 0 Å². The van der Waals surface area contributed by atoms with Gasteiger partial charge in [0.05, 0.1) is 6.61 Å². The molecule has 0 bridgehead atoms. The Balaban J connectivity index is 3.60. The van der Waals surface area contributed by atoms with Gasteiger partial charge in [0.2, 0.25) is 0 Å². The van der Waals surface area contributed by atoms with Crippen LogP contribution in [-0.2, 0) is 0 Å². The lowest BCUT2D eigenvalue weighted by Gasteiger charge is -2.03. The Morgan fingerprint density at radius 2 is 2.00 bits per heavy atom. The highest BCUT2D eigenvalue weighted by molar-refractivity contribution is 5.01. The molecule has 0 aliphatic carbocycles. The lowest BCUT2D eigenvalue weighted by Crippen LogP contribution is -2.00. The monoisotopic (exact) mass is 159 g/mol. The van der Waals surface area contributed by atoms with Crippen LogP contribution in [0.25, 0.3) is 0 Å². The standard InChI is InChI=1S/C8H17NO2/c9-5-1-2-8(3-6-10)4-7-11/h3,10-11H,1-2,4-7,9H2. The third-order valence-electron chi connectivity index (χ3n) is 1.51. The largest absolute Gasteiger partial charge is 0.396 e. The fourth-order valence-electron chi connectivity index (χ4n) is 0.931. The van der Waals surface area contributed by atoms with E-state index in [0.29, 0.717) is 13.0 Å². The second kappa shape index (κ2) is 7.72. The molecule has 0 rings (SSSR count). The Labute approximate surface area is 67.5 Å². The molecule has 0 aliphatic heterocycles. The topological polar surface area (TPSA) is 66.5 Å². The average molecular weight is 159 g/mol. The summed E-state index contributed by atoms with van der Waals surface area (Å²) in [5, 5.41) is 17.2. The molecule has 0 saturated heterocycles. The highest BCUT2D eigenvalue weighted by atomic mass is 16.3. The number of nitrogens with two attached hydrogens (primary N) is 1. The van der Waals surface area contributed by atoms with Crippen molar-refractivity contribution in [3.05, 3.63) is 11.6 Å². The fourth-order valence-corrected chi connectivity index (χ4v) is 0.931. The lowest BCUT2D eigenvalue weighted by atomic mass is 10.1. The first-order chi connectivity index (χ1) is 5.35. The van der Waals surface area contributed by atoms with Crippen LogP contribution >= 0.6 is 0 Å². The predicted octanol–water partition coefficient (Wildman–Crippen LogP) is 0.0264. The van der Waals surface area contributed by atoms with Crippen LogP contribution in [0.3, 0.4) is 0 Å². The van der Waals surface area contributed by atoms with Crippen molar-refractivity contribution in [2.75, 3.05) is 19.8 Å². The van der Waals surface area contributed by atoms with Crippen molar-refractivity contribution >= 4 is 0 Å². The Kier molecular flexibility index (Phi) is 7.46. The summed E-state index contributed by atoms with van der Waals surface area (Å²) in [7, 11) is 0. The molecule has 3 heteroatoms. The molecule has 0 aromatic rings. The van der Waals surface area contributed by atoms with Gasteiger partial charge < -0.3 is 15.9 Å². The minimum absolute atomic E-state index is 0.0555. The molecule has 0 aromatic heterocycles. The van der Waals surface area contributed by atoms with Crippen molar-refractivity contribution in [2.24, 2.45) is 5.73 Å². The number of hydrogen-bond acceptors (Lipinski definition) is 3. The maximum Gasteiger partial charge on any atom is 0.0615 e. The van der Waals surface area contributed by atoms with E-state index in [0.717, 1.165) is 18.4 Å². The van der Waals surface area contributed by atoms with Crippen molar-refractivity contribution < 1.29 is 10.2 Å². The van der Waals surface area contributed by atoms with Crippen LogP contribution in [-0.4, -0.2) is 30.0 Å². The minimum atomic E-state index is 0.0555. The Morgan fingerprint density at radius 3 is 2.45 bits per heavy atom. The predicted molar refractivity (Wildman–Crippen MR) is 45.2 cm³/mol. The van der Waals surface area contributed by atoms with E-state index in [9.17, 15) is 0 Å². The van der Waals surface area contributed by atoms with Gasteiger partial charge in [-0.25, -0.2) is 0 Å². The zero-order chi connectivity index (χ0) is 8.53. The van der Waals surface area contributed by atoms with E-state index < -0.39 is 0 Å². The fraction of sp³-hybridized carbons (Fsp3) is 0.750. The minimum Gasteiger partial charge on any atom is -0.396 e. The first-order valence-corrected chi connectivity index (χ1v) is 3.94. The molecule has 0 radical (unpaired) electrons. The van der Waals surface area contributed by atoms with Gasteiger partial charge in [-0.1, -0.05) is 11.6 Å². The second-order valence-corrected chi connectivity index (χ2v) is 2.41. The lowest BCUT2D eigenvalue weighted by molar-refractivity contribution is 0.296. The first kappa shape index (κ1) is 10.6. The number of aliphatic hydroxyl groups is 2. The van der Waals surface area contributed by atoms with E-state index in [1.807, 2.05) is 0 Å². The summed E-state index contributed by atoms with van der Waals surface area (Å²) in [6, 6.07) is 0. The SMILES string of the molecule is NCCCC(=CCO)CCO. The van der Waals surface area contributed by atoms with Gasteiger partial charge in [0, 0.05) is 6.61 Å². The molecule has 0 heterocycles. The summed E-state index contributed by atoms with van der Waals surface area (Å²) in [5.41, 5.74) is 6.41. The van der Waals surface area contributed by atoms with Gasteiger partial charge in [-0.3, -0.25) is 0 Å². The van der Waals surface area contributed by atoms with E-state index in [-0.39, 0.29) is 13.2 Å². The normalized spacial score (nSPS) is 12.1. The summed E-state index contributed by atoms with van der Waals surface area (Å²) in [6.45, 7) is 0.866. The smallest absolute Gasteiger partial charge is 0.0615 e. The van der Waals surface area contributed by atoms with Crippen LogP contribution in [0.2, 0.25) is 0 Å². The van der Waals surface area contributed by atoms with Gasteiger partial charge in [-0.05, 0) is 25.8 Å². The number of hydrogen-bond donors (Lipinski definition) is 3. The summed E-state index contributed by atoms with van der Waals surface area (Å²) in [6.07, 6.45) is 4.20. The molecule has 11 heavy (non-hydrogen) atoms. The molecule has 0 saturated carbocycles. The first-order valence-electron chi connectivity index (χ1n) is 3.94. The van der Waals surface area contributed by atoms with Crippen molar-refractivity contribution in [1.29, 1.82) is 0 Å². The van der Waals surface area contributed by atoms with Crippen LogP contribution in [0.15, 0.2) is 11.6 Å². The third-order valence-corrected chi connectivity index (χ3v) is 1.51. The highest BCUT2D eigenvalue weighted by Crippen LogP contribution is 2.07. The van der Waals surface area contributed by atoms with E-state index >= 15 is 0 Å². The van der Waals surface area contributed by atoms with Crippen LogP contribution in [0.5, 0.6) is 0 Å². The summed E-state index contributed by atoms with van der Waals surface area (Å²) in [5.74, 6) is 0. The zero-order valence-corrected chi connectivity index (χ0v) is 6.79. The second-order valence-electron chi connectivity index (χ2n) is 2.41. The molecule has 4 N–H and O–H groups in total. The maximum atomic E-state index is 8.61.